The Balaban J connectivity index is 1.50. The van der Waals surface area contributed by atoms with Crippen molar-refractivity contribution in [2.45, 2.75) is 4.90 Å². The summed E-state index contributed by atoms with van der Waals surface area (Å²) in [4.78, 5) is 10.8. The largest absolute Gasteiger partial charge is 0.354 e. The van der Waals surface area contributed by atoms with Crippen LogP contribution >= 0.6 is 11.6 Å². The lowest BCUT2D eigenvalue weighted by Crippen LogP contribution is -2.49. The van der Waals surface area contributed by atoms with Gasteiger partial charge < -0.3 is 9.47 Å². The maximum absolute atomic E-state index is 12.9. The van der Waals surface area contributed by atoms with Crippen molar-refractivity contribution in [3.63, 3.8) is 0 Å². The summed E-state index contributed by atoms with van der Waals surface area (Å²) in [5.41, 5.74) is 0. The van der Waals surface area contributed by atoms with Crippen LogP contribution < -0.4 is 4.90 Å². The molecular formula is C18H18ClN5O2S. The third-order valence-electron chi connectivity index (χ3n) is 4.52. The molecule has 2 aromatic heterocycles. The van der Waals surface area contributed by atoms with Crippen molar-refractivity contribution >= 4 is 27.4 Å². The highest BCUT2D eigenvalue weighted by Crippen LogP contribution is 2.26. The standard InChI is InChI=1S/C18H18ClN5O2S/c19-15-5-1-2-6-16(15)27(25,26)24-11-9-23(10-12-24)18-13-17(20-14-21-18)22-7-3-4-8-22/h1-8,13-14H,9-12H2. The molecule has 0 atom stereocenters. The van der Waals surface area contributed by atoms with Gasteiger partial charge in [-0.2, -0.15) is 4.31 Å². The van der Waals surface area contributed by atoms with E-state index in [1.807, 2.05) is 35.2 Å². The van der Waals surface area contributed by atoms with Crippen molar-refractivity contribution < 1.29 is 8.42 Å². The van der Waals surface area contributed by atoms with Gasteiger partial charge in [0.05, 0.1) is 5.02 Å². The van der Waals surface area contributed by atoms with Gasteiger partial charge in [-0.05, 0) is 24.3 Å². The molecule has 0 amide bonds. The van der Waals surface area contributed by atoms with Crippen LogP contribution in [0.5, 0.6) is 0 Å². The number of hydrogen-bond acceptors (Lipinski definition) is 5. The summed E-state index contributed by atoms with van der Waals surface area (Å²) in [6.45, 7) is 1.84. The van der Waals surface area contributed by atoms with E-state index in [1.165, 1.54) is 16.7 Å². The van der Waals surface area contributed by atoms with Crippen LogP contribution in [0.25, 0.3) is 5.82 Å². The quantitative estimate of drug-likeness (QED) is 0.669. The minimum absolute atomic E-state index is 0.150. The van der Waals surface area contributed by atoms with Crippen molar-refractivity contribution in [3.05, 3.63) is 66.2 Å². The fourth-order valence-electron chi connectivity index (χ4n) is 3.09. The zero-order valence-corrected chi connectivity index (χ0v) is 16.0. The molecule has 1 fully saturated rings. The number of halogens is 1. The molecule has 4 rings (SSSR count). The molecule has 0 unspecified atom stereocenters. The second kappa shape index (κ2) is 7.30. The Hall–Kier alpha value is -2.42. The molecule has 0 spiro atoms. The summed E-state index contributed by atoms with van der Waals surface area (Å²) in [5, 5.41) is 0.243. The maximum atomic E-state index is 12.9. The van der Waals surface area contributed by atoms with E-state index in [4.69, 9.17) is 11.6 Å². The molecule has 1 saturated heterocycles. The predicted molar refractivity (Wildman–Crippen MR) is 104 cm³/mol. The highest BCUT2D eigenvalue weighted by Gasteiger charge is 2.30. The maximum Gasteiger partial charge on any atom is 0.244 e. The second-order valence-electron chi connectivity index (χ2n) is 6.15. The average molecular weight is 404 g/mol. The molecule has 1 aromatic carbocycles. The van der Waals surface area contributed by atoms with Crippen molar-refractivity contribution in [1.82, 2.24) is 18.8 Å². The molecule has 1 aliphatic heterocycles. The van der Waals surface area contributed by atoms with Crippen LogP contribution in [0.15, 0.2) is 66.1 Å². The minimum atomic E-state index is -3.60. The highest BCUT2D eigenvalue weighted by molar-refractivity contribution is 7.89. The molecule has 140 valence electrons. The predicted octanol–water partition coefficient (Wildman–Crippen LogP) is 2.43. The van der Waals surface area contributed by atoms with Crippen LogP contribution in [0.3, 0.4) is 0 Å². The fourth-order valence-corrected chi connectivity index (χ4v) is 5.00. The minimum Gasteiger partial charge on any atom is -0.354 e. The van der Waals surface area contributed by atoms with E-state index in [2.05, 4.69) is 14.9 Å². The van der Waals surface area contributed by atoms with E-state index in [0.717, 1.165) is 11.6 Å². The highest BCUT2D eigenvalue weighted by atomic mass is 35.5. The van der Waals surface area contributed by atoms with Crippen LogP contribution in [-0.2, 0) is 10.0 Å². The first-order valence-electron chi connectivity index (χ1n) is 8.51. The first kappa shape index (κ1) is 18.0. The summed E-state index contributed by atoms with van der Waals surface area (Å²) in [6, 6.07) is 12.3. The van der Waals surface area contributed by atoms with Crippen molar-refractivity contribution in [2.75, 3.05) is 31.1 Å². The number of piperazine rings is 1. The summed E-state index contributed by atoms with van der Waals surface area (Å²) in [6.07, 6.45) is 5.36. The van der Waals surface area contributed by atoms with Gasteiger partial charge in [0, 0.05) is 44.6 Å². The lowest BCUT2D eigenvalue weighted by atomic mass is 10.3. The molecule has 7 nitrogen and oxygen atoms in total. The summed E-state index contributed by atoms with van der Waals surface area (Å²) >= 11 is 6.08. The molecule has 27 heavy (non-hydrogen) atoms. The van der Waals surface area contributed by atoms with Gasteiger partial charge in [-0.1, -0.05) is 23.7 Å². The zero-order valence-electron chi connectivity index (χ0n) is 14.4. The molecule has 0 N–H and O–H groups in total. The normalized spacial score (nSPS) is 15.8. The van der Waals surface area contributed by atoms with Crippen LogP contribution in [0, 0.1) is 0 Å². The number of sulfonamides is 1. The molecular weight excluding hydrogens is 386 g/mol. The molecule has 0 bridgehead atoms. The van der Waals surface area contributed by atoms with Gasteiger partial charge in [0.15, 0.2) is 0 Å². The number of nitrogens with zero attached hydrogens (tertiary/aromatic N) is 5. The first-order valence-corrected chi connectivity index (χ1v) is 10.3. The van der Waals surface area contributed by atoms with Crippen molar-refractivity contribution in [3.8, 4) is 5.82 Å². The number of benzene rings is 1. The zero-order chi connectivity index (χ0) is 18.9. The number of aromatic nitrogens is 3. The van der Waals surface area contributed by atoms with Gasteiger partial charge in [-0.15, -0.1) is 0 Å². The average Bonchev–Trinajstić information content (AvgIpc) is 3.23. The van der Waals surface area contributed by atoms with Crippen molar-refractivity contribution in [2.24, 2.45) is 0 Å². The van der Waals surface area contributed by atoms with E-state index >= 15 is 0 Å². The molecule has 0 aliphatic carbocycles. The van der Waals surface area contributed by atoms with Crippen LogP contribution in [0.2, 0.25) is 5.02 Å². The van der Waals surface area contributed by atoms with Gasteiger partial charge in [0.1, 0.15) is 22.9 Å². The van der Waals surface area contributed by atoms with Crippen LogP contribution in [-0.4, -0.2) is 53.4 Å². The summed E-state index contributed by atoms with van der Waals surface area (Å²) < 4.78 is 29.1. The Bertz CT molecular complexity index is 1030. The fraction of sp³-hybridized carbons (Fsp3) is 0.222. The molecule has 0 radical (unpaired) electrons. The Morgan fingerprint density at radius 2 is 1.56 bits per heavy atom. The van der Waals surface area contributed by atoms with Gasteiger partial charge in [-0.25, -0.2) is 18.4 Å². The first-order chi connectivity index (χ1) is 13.1. The summed E-state index contributed by atoms with van der Waals surface area (Å²) in [5.74, 6) is 1.56. The lowest BCUT2D eigenvalue weighted by molar-refractivity contribution is 0.384. The Kier molecular flexibility index (Phi) is 4.86. The third kappa shape index (κ3) is 3.55. The van der Waals surface area contributed by atoms with Crippen molar-refractivity contribution in [1.29, 1.82) is 0 Å². The molecule has 3 aromatic rings. The monoisotopic (exact) mass is 403 g/mol. The van der Waals surface area contributed by atoms with E-state index < -0.39 is 10.0 Å². The number of anilines is 1. The SMILES string of the molecule is O=S(=O)(c1ccccc1Cl)N1CCN(c2cc(-n3cccc3)ncn2)CC1. The van der Waals surface area contributed by atoms with E-state index in [-0.39, 0.29) is 9.92 Å². The van der Waals surface area contributed by atoms with Gasteiger partial charge in [0.2, 0.25) is 10.0 Å². The lowest BCUT2D eigenvalue weighted by Gasteiger charge is -2.34. The Labute approximate surface area is 162 Å². The van der Waals surface area contributed by atoms with Gasteiger partial charge in [-0.3, -0.25) is 0 Å². The van der Waals surface area contributed by atoms with Crippen LogP contribution in [0.4, 0.5) is 5.82 Å². The van der Waals surface area contributed by atoms with E-state index in [0.29, 0.717) is 26.2 Å². The third-order valence-corrected chi connectivity index (χ3v) is 6.92. The molecule has 1 aliphatic rings. The number of hydrogen-bond donors (Lipinski definition) is 0. The smallest absolute Gasteiger partial charge is 0.244 e. The topological polar surface area (TPSA) is 71.3 Å². The molecule has 0 saturated carbocycles. The van der Waals surface area contributed by atoms with E-state index in [1.54, 1.807) is 18.2 Å². The van der Waals surface area contributed by atoms with E-state index in [9.17, 15) is 8.42 Å². The Morgan fingerprint density at radius 3 is 2.26 bits per heavy atom. The van der Waals surface area contributed by atoms with Gasteiger partial charge >= 0.3 is 0 Å². The van der Waals surface area contributed by atoms with Crippen LogP contribution in [0.1, 0.15) is 0 Å². The van der Waals surface area contributed by atoms with Gasteiger partial charge in [0.25, 0.3) is 0 Å². The Morgan fingerprint density at radius 1 is 0.889 bits per heavy atom. The number of rotatable bonds is 4. The second-order valence-corrected chi connectivity index (χ2v) is 8.46. The molecule has 9 heteroatoms. The molecule has 3 heterocycles. The summed E-state index contributed by atoms with van der Waals surface area (Å²) in [7, 11) is -3.60.